The van der Waals surface area contributed by atoms with Crippen LogP contribution in [0.2, 0.25) is 0 Å². The minimum Gasteiger partial charge on any atom is -0.481 e. The summed E-state index contributed by atoms with van der Waals surface area (Å²) in [5, 5.41) is 22.9. The Morgan fingerprint density at radius 2 is 2.15 bits per heavy atom. The molecule has 1 rings (SSSR count). The van der Waals surface area contributed by atoms with Crippen LogP contribution >= 0.6 is 15.9 Å². The van der Waals surface area contributed by atoms with Crippen LogP contribution in [0.15, 0.2) is 22.7 Å². The highest BCUT2D eigenvalue weighted by Crippen LogP contribution is 2.28. The highest BCUT2D eigenvalue weighted by atomic mass is 79.9. The number of anilines is 1. The van der Waals surface area contributed by atoms with Crippen molar-refractivity contribution in [3.63, 3.8) is 0 Å². The number of carboxylic acid groups (broad SMARTS) is 1. The molecule has 0 aliphatic carbocycles. The molecule has 6 nitrogen and oxygen atoms in total. The van der Waals surface area contributed by atoms with Crippen LogP contribution in [0.1, 0.15) is 20.3 Å². The fourth-order valence-corrected chi connectivity index (χ4v) is 2.24. The van der Waals surface area contributed by atoms with Crippen molar-refractivity contribution in [1.29, 1.82) is 0 Å². The standard InChI is InChI=1S/C13H17BrN2O4/c1-8(2)5-9(13(17)18)7-15-11-6-10(14)3-4-12(11)16(19)20/h3-4,6,8-9,15H,5,7H2,1-2H3,(H,17,18). The molecule has 0 heterocycles. The average Bonchev–Trinajstić information content (AvgIpc) is 2.33. The second kappa shape index (κ2) is 7.23. The fourth-order valence-electron chi connectivity index (χ4n) is 1.88. The van der Waals surface area contributed by atoms with Gasteiger partial charge in [-0.25, -0.2) is 0 Å². The van der Waals surface area contributed by atoms with Crippen LogP contribution in [0.4, 0.5) is 11.4 Å². The summed E-state index contributed by atoms with van der Waals surface area (Å²) in [4.78, 5) is 21.6. The van der Waals surface area contributed by atoms with Gasteiger partial charge in [0.05, 0.1) is 10.8 Å². The first-order valence-corrected chi connectivity index (χ1v) is 7.01. The molecule has 0 saturated heterocycles. The number of carboxylic acids is 1. The van der Waals surface area contributed by atoms with Crippen molar-refractivity contribution < 1.29 is 14.8 Å². The van der Waals surface area contributed by atoms with Gasteiger partial charge in [0.1, 0.15) is 5.69 Å². The zero-order chi connectivity index (χ0) is 15.3. The predicted molar refractivity (Wildman–Crippen MR) is 79.9 cm³/mol. The van der Waals surface area contributed by atoms with Crippen molar-refractivity contribution in [2.45, 2.75) is 20.3 Å². The van der Waals surface area contributed by atoms with Gasteiger partial charge in [0.2, 0.25) is 0 Å². The number of aliphatic carboxylic acids is 1. The summed E-state index contributed by atoms with van der Waals surface area (Å²) in [5.74, 6) is -1.23. The smallest absolute Gasteiger partial charge is 0.308 e. The van der Waals surface area contributed by atoms with Gasteiger partial charge in [-0.05, 0) is 24.5 Å². The fraction of sp³-hybridized carbons (Fsp3) is 0.462. The van der Waals surface area contributed by atoms with Crippen LogP contribution in [-0.2, 0) is 4.79 Å². The Kier molecular flexibility index (Phi) is 5.94. The molecule has 0 radical (unpaired) electrons. The van der Waals surface area contributed by atoms with E-state index >= 15 is 0 Å². The molecule has 1 atom stereocenters. The minimum atomic E-state index is -0.899. The third-order valence-corrected chi connectivity index (χ3v) is 3.29. The molecular weight excluding hydrogens is 328 g/mol. The van der Waals surface area contributed by atoms with E-state index in [1.807, 2.05) is 13.8 Å². The van der Waals surface area contributed by atoms with Crippen molar-refractivity contribution in [3.8, 4) is 0 Å². The molecule has 110 valence electrons. The summed E-state index contributed by atoms with van der Waals surface area (Å²) in [6, 6.07) is 4.53. The lowest BCUT2D eigenvalue weighted by Gasteiger charge is -2.16. The number of benzene rings is 1. The normalized spacial score (nSPS) is 12.2. The van der Waals surface area contributed by atoms with Gasteiger partial charge in [0.25, 0.3) is 5.69 Å². The molecule has 2 N–H and O–H groups in total. The predicted octanol–water partition coefficient (Wildman–Crippen LogP) is 3.52. The summed E-state index contributed by atoms with van der Waals surface area (Å²) >= 11 is 3.24. The van der Waals surface area contributed by atoms with Gasteiger partial charge < -0.3 is 10.4 Å². The number of rotatable bonds is 7. The average molecular weight is 345 g/mol. The Hall–Kier alpha value is -1.63. The highest BCUT2D eigenvalue weighted by molar-refractivity contribution is 9.10. The maximum absolute atomic E-state index is 11.2. The number of carbonyl (C=O) groups is 1. The molecule has 0 aliphatic rings. The Labute approximate surface area is 125 Å². The van der Waals surface area contributed by atoms with Gasteiger partial charge >= 0.3 is 5.97 Å². The van der Waals surface area contributed by atoms with Crippen LogP contribution in [-0.4, -0.2) is 22.5 Å². The number of nitro groups is 1. The molecule has 7 heteroatoms. The Morgan fingerprint density at radius 3 is 2.65 bits per heavy atom. The van der Waals surface area contributed by atoms with Gasteiger partial charge in [-0.3, -0.25) is 14.9 Å². The van der Waals surface area contributed by atoms with E-state index in [0.29, 0.717) is 16.6 Å². The van der Waals surface area contributed by atoms with Crippen LogP contribution in [0.25, 0.3) is 0 Å². The molecule has 0 bridgehead atoms. The molecule has 0 spiro atoms. The largest absolute Gasteiger partial charge is 0.481 e. The van der Waals surface area contributed by atoms with E-state index in [1.54, 1.807) is 12.1 Å². The molecule has 1 unspecified atom stereocenters. The second-order valence-electron chi connectivity index (χ2n) is 4.96. The lowest BCUT2D eigenvalue weighted by molar-refractivity contribution is -0.384. The van der Waals surface area contributed by atoms with E-state index < -0.39 is 16.8 Å². The Bertz CT molecular complexity index is 505. The number of hydrogen-bond acceptors (Lipinski definition) is 4. The summed E-state index contributed by atoms with van der Waals surface area (Å²) in [7, 11) is 0. The quantitative estimate of drug-likeness (QED) is 0.583. The van der Waals surface area contributed by atoms with Gasteiger partial charge in [-0.2, -0.15) is 0 Å². The van der Waals surface area contributed by atoms with Crippen LogP contribution in [0.5, 0.6) is 0 Å². The third kappa shape index (κ3) is 4.80. The summed E-state index contributed by atoms with van der Waals surface area (Å²) in [5.41, 5.74) is 0.251. The molecule has 1 aromatic rings. The molecule has 0 aliphatic heterocycles. The summed E-state index contributed by atoms with van der Waals surface area (Å²) < 4.78 is 0.696. The Balaban J connectivity index is 2.84. The molecule has 1 aromatic carbocycles. The lowest BCUT2D eigenvalue weighted by atomic mass is 9.97. The van der Waals surface area contributed by atoms with Crippen molar-refractivity contribution in [2.75, 3.05) is 11.9 Å². The third-order valence-electron chi connectivity index (χ3n) is 2.80. The first kappa shape index (κ1) is 16.4. The van der Waals surface area contributed by atoms with Gasteiger partial charge in [-0.15, -0.1) is 0 Å². The van der Waals surface area contributed by atoms with Crippen molar-refractivity contribution >= 4 is 33.3 Å². The second-order valence-corrected chi connectivity index (χ2v) is 5.88. The molecule has 0 fully saturated rings. The maximum Gasteiger partial charge on any atom is 0.308 e. The van der Waals surface area contributed by atoms with Gasteiger partial charge in [-0.1, -0.05) is 29.8 Å². The molecule has 20 heavy (non-hydrogen) atoms. The monoisotopic (exact) mass is 344 g/mol. The number of nitro benzene ring substituents is 1. The van der Waals surface area contributed by atoms with Crippen LogP contribution in [0.3, 0.4) is 0 Å². The van der Waals surface area contributed by atoms with Crippen molar-refractivity contribution in [2.24, 2.45) is 11.8 Å². The number of nitrogens with one attached hydrogen (secondary N) is 1. The molecule has 0 saturated carbocycles. The first-order chi connectivity index (χ1) is 9.31. The lowest BCUT2D eigenvalue weighted by Crippen LogP contribution is -2.24. The molecular formula is C13H17BrN2O4. The van der Waals surface area contributed by atoms with Gasteiger partial charge in [0.15, 0.2) is 0 Å². The van der Waals surface area contributed by atoms with Crippen molar-refractivity contribution in [1.82, 2.24) is 0 Å². The summed E-state index contributed by atoms with van der Waals surface area (Å²) in [6.45, 7) is 4.04. The number of hydrogen-bond donors (Lipinski definition) is 2. The summed E-state index contributed by atoms with van der Waals surface area (Å²) in [6.07, 6.45) is 0.518. The van der Waals surface area contributed by atoms with Crippen LogP contribution in [0, 0.1) is 22.0 Å². The SMILES string of the molecule is CC(C)CC(CNc1cc(Br)ccc1[N+](=O)[O-])C(=O)O. The van der Waals surface area contributed by atoms with E-state index in [0.717, 1.165) is 0 Å². The minimum absolute atomic E-state index is 0.0677. The highest BCUT2D eigenvalue weighted by Gasteiger charge is 2.21. The van der Waals surface area contributed by atoms with Crippen molar-refractivity contribution in [3.05, 3.63) is 32.8 Å². The zero-order valence-corrected chi connectivity index (χ0v) is 12.9. The Morgan fingerprint density at radius 1 is 1.50 bits per heavy atom. The molecule has 0 aromatic heterocycles. The van der Waals surface area contributed by atoms with Crippen LogP contribution < -0.4 is 5.32 Å². The van der Waals surface area contributed by atoms with E-state index in [-0.39, 0.29) is 18.2 Å². The van der Waals surface area contributed by atoms with E-state index in [9.17, 15) is 14.9 Å². The van der Waals surface area contributed by atoms with Gasteiger partial charge in [0, 0.05) is 17.1 Å². The zero-order valence-electron chi connectivity index (χ0n) is 11.3. The molecule has 0 amide bonds. The van der Waals surface area contributed by atoms with E-state index in [1.165, 1.54) is 6.07 Å². The number of halogens is 1. The topological polar surface area (TPSA) is 92.5 Å². The van der Waals surface area contributed by atoms with E-state index in [2.05, 4.69) is 21.2 Å². The first-order valence-electron chi connectivity index (χ1n) is 6.22. The maximum atomic E-state index is 11.2. The number of nitrogens with zero attached hydrogens (tertiary/aromatic N) is 1. The van der Waals surface area contributed by atoms with E-state index in [4.69, 9.17) is 5.11 Å².